The van der Waals surface area contributed by atoms with Crippen LogP contribution < -0.4 is 0 Å². The summed E-state index contributed by atoms with van der Waals surface area (Å²) in [6.07, 6.45) is 1.96. The number of nitrogens with zero attached hydrogens (tertiary/aromatic N) is 2. The van der Waals surface area contributed by atoms with Crippen molar-refractivity contribution in [3.05, 3.63) is 70.1 Å². The van der Waals surface area contributed by atoms with Crippen molar-refractivity contribution in [2.45, 2.75) is 45.8 Å². The van der Waals surface area contributed by atoms with Gasteiger partial charge in [0, 0.05) is 47.2 Å². The van der Waals surface area contributed by atoms with E-state index < -0.39 is 0 Å². The molecule has 3 aromatic rings. The van der Waals surface area contributed by atoms with Gasteiger partial charge in [-0.15, -0.1) is 0 Å². The fourth-order valence-electron chi connectivity index (χ4n) is 4.20. The molecule has 1 aliphatic heterocycles. The Morgan fingerprint density at radius 3 is 2.65 bits per heavy atom. The summed E-state index contributed by atoms with van der Waals surface area (Å²) < 4.78 is 16.3. The van der Waals surface area contributed by atoms with Crippen LogP contribution in [0, 0.1) is 5.82 Å². The summed E-state index contributed by atoms with van der Waals surface area (Å²) in [5, 5.41) is 1.84. The SMILES string of the molecule is CCN1Cc2c(n(CCc3ccc(Cl)cc3)c3ccc(F)cc23)CC1C. The second-order valence-electron chi connectivity index (χ2n) is 7.23. The molecule has 1 atom stereocenters. The summed E-state index contributed by atoms with van der Waals surface area (Å²) in [5.74, 6) is -0.156. The van der Waals surface area contributed by atoms with Gasteiger partial charge in [-0.1, -0.05) is 30.7 Å². The van der Waals surface area contributed by atoms with Crippen molar-refractivity contribution in [3.63, 3.8) is 0 Å². The number of fused-ring (bicyclic) bond motifs is 3. The fourth-order valence-corrected chi connectivity index (χ4v) is 4.32. The van der Waals surface area contributed by atoms with Gasteiger partial charge in [0.1, 0.15) is 5.82 Å². The summed E-state index contributed by atoms with van der Waals surface area (Å²) in [4.78, 5) is 2.47. The highest BCUT2D eigenvalue weighted by molar-refractivity contribution is 6.30. The van der Waals surface area contributed by atoms with Gasteiger partial charge in [-0.05, 0) is 61.3 Å². The maximum absolute atomic E-state index is 13.9. The highest BCUT2D eigenvalue weighted by Crippen LogP contribution is 2.33. The Morgan fingerprint density at radius 1 is 1.15 bits per heavy atom. The van der Waals surface area contributed by atoms with Gasteiger partial charge in [-0.25, -0.2) is 4.39 Å². The molecule has 0 saturated carbocycles. The van der Waals surface area contributed by atoms with Gasteiger partial charge in [0.25, 0.3) is 0 Å². The van der Waals surface area contributed by atoms with E-state index in [0.29, 0.717) is 6.04 Å². The normalized spacial score (nSPS) is 17.6. The van der Waals surface area contributed by atoms with Gasteiger partial charge in [0.05, 0.1) is 0 Å². The lowest BCUT2D eigenvalue weighted by atomic mass is 9.99. The molecule has 1 aromatic heterocycles. The van der Waals surface area contributed by atoms with Gasteiger partial charge in [-0.3, -0.25) is 4.90 Å². The Balaban J connectivity index is 1.74. The number of rotatable bonds is 4. The zero-order valence-corrected chi connectivity index (χ0v) is 16.1. The largest absolute Gasteiger partial charge is 0.344 e. The summed E-state index contributed by atoms with van der Waals surface area (Å²) in [6.45, 7) is 7.31. The van der Waals surface area contributed by atoms with Crippen LogP contribution in [0.15, 0.2) is 42.5 Å². The molecule has 4 heteroatoms. The first-order valence-electron chi connectivity index (χ1n) is 9.34. The molecule has 1 aliphatic rings. The smallest absolute Gasteiger partial charge is 0.123 e. The molecule has 1 unspecified atom stereocenters. The first-order valence-corrected chi connectivity index (χ1v) is 9.72. The van der Waals surface area contributed by atoms with Crippen molar-refractivity contribution < 1.29 is 4.39 Å². The van der Waals surface area contributed by atoms with E-state index in [-0.39, 0.29) is 5.82 Å². The highest BCUT2D eigenvalue weighted by atomic mass is 35.5. The molecular formula is C22H24ClFN2. The van der Waals surface area contributed by atoms with E-state index in [1.807, 2.05) is 18.2 Å². The molecule has 2 nitrogen and oxygen atoms in total. The molecule has 26 heavy (non-hydrogen) atoms. The van der Waals surface area contributed by atoms with Gasteiger partial charge in [-0.2, -0.15) is 0 Å². The minimum Gasteiger partial charge on any atom is -0.344 e. The van der Waals surface area contributed by atoms with Crippen LogP contribution in [-0.4, -0.2) is 22.1 Å². The molecule has 0 N–H and O–H groups in total. The van der Waals surface area contributed by atoms with Crippen LogP contribution in [0.3, 0.4) is 0 Å². The van der Waals surface area contributed by atoms with Crippen molar-refractivity contribution in [1.29, 1.82) is 0 Å². The van der Waals surface area contributed by atoms with E-state index in [4.69, 9.17) is 11.6 Å². The Morgan fingerprint density at radius 2 is 1.92 bits per heavy atom. The summed E-state index contributed by atoms with van der Waals surface area (Å²) in [5.41, 5.74) is 5.09. The standard InChI is InChI=1S/C22H24ClFN2/c1-3-25-14-20-19-13-18(24)8-9-21(19)26(22(20)12-15(25)2)11-10-16-4-6-17(23)7-5-16/h4-9,13,15H,3,10-12,14H2,1-2H3. The topological polar surface area (TPSA) is 8.17 Å². The van der Waals surface area contributed by atoms with E-state index >= 15 is 0 Å². The van der Waals surface area contributed by atoms with E-state index in [0.717, 1.165) is 48.4 Å². The number of halogens is 2. The van der Waals surface area contributed by atoms with Crippen molar-refractivity contribution in [2.24, 2.45) is 0 Å². The van der Waals surface area contributed by atoms with Gasteiger partial charge in [0.2, 0.25) is 0 Å². The second kappa shape index (κ2) is 7.05. The molecule has 0 fully saturated rings. The predicted molar refractivity (Wildman–Crippen MR) is 106 cm³/mol. The highest BCUT2D eigenvalue weighted by Gasteiger charge is 2.27. The summed E-state index contributed by atoms with van der Waals surface area (Å²) in [6, 6.07) is 13.8. The molecule has 2 heterocycles. The lowest BCUT2D eigenvalue weighted by Crippen LogP contribution is -2.38. The second-order valence-corrected chi connectivity index (χ2v) is 7.67. The number of benzene rings is 2. The van der Waals surface area contributed by atoms with Crippen molar-refractivity contribution >= 4 is 22.5 Å². The third-order valence-electron chi connectivity index (χ3n) is 5.67. The maximum atomic E-state index is 13.9. The molecule has 2 aromatic carbocycles. The molecular weight excluding hydrogens is 347 g/mol. The molecule has 0 saturated heterocycles. The first-order chi connectivity index (χ1) is 12.6. The van der Waals surface area contributed by atoms with E-state index in [9.17, 15) is 4.39 Å². The number of aryl methyl sites for hydroxylation is 2. The Labute approximate surface area is 159 Å². The number of hydrogen-bond acceptors (Lipinski definition) is 1. The minimum absolute atomic E-state index is 0.156. The number of aromatic nitrogens is 1. The third-order valence-corrected chi connectivity index (χ3v) is 5.92. The lowest BCUT2D eigenvalue weighted by molar-refractivity contribution is 0.192. The Bertz CT molecular complexity index is 929. The van der Waals surface area contributed by atoms with Crippen LogP contribution in [0.5, 0.6) is 0 Å². The number of hydrogen-bond donors (Lipinski definition) is 0. The fraction of sp³-hybridized carbons (Fsp3) is 0.364. The predicted octanol–water partition coefficient (Wildman–Crippen LogP) is 5.44. The summed E-state index contributed by atoms with van der Waals surface area (Å²) >= 11 is 6.00. The van der Waals surface area contributed by atoms with Gasteiger partial charge >= 0.3 is 0 Å². The summed E-state index contributed by atoms with van der Waals surface area (Å²) in [7, 11) is 0. The van der Waals surface area contributed by atoms with E-state index in [2.05, 4.69) is 35.4 Å². The van der Waals surface area contributed by atoms with Crippen molar-refractivity contribution in [3.8, 4) is 0 Å². The van der Waals surface area contributed by atoms with Crippen molar-refractivity contribution in [1.82, 2.24) is 9.47 Å². The zero-order chi connectivity index (χ0) is 18.3. The Hall–Kier alpha value is -1.84. The van der Waals surface area contributed by atoms with Crippen molar-refractivity contribution in [2.75, 3.05) is 6.54 Å². The molecule has 0 spiro atoms. The quantitative estimate of drug-likeness (QED) is 0.593. The molecule has 4 rings (SSSR count). The Kier molecular flexibility index (Phi) is 4.76. The molecule has 0 amide bonds. The van der Waals surface area contributed by atoms with Crippen LogP contribution in [0.4, 0.5) is 4.39 Å². The van der Waals surface area contributed by atoms with E-state index in [1.54, 1.807) is 12.1 Å². The third kappa shape index (κ3) is 3.15. The zero-order valence-electron chi connectivity index (χ0n) is 15.3. The van der Waals surface area contributed by atoms with Crippen LogP contribution >= 0.6 is 11.6 Å². The molecule has 136 valence electrons. The van der Waals surface area contributed by atoms with Gasteiger partial charge in [0.15, 0.2) is 0 Å². The lowest BCUT2D eigenvalue weighted by Gasteiger charge is -2.33. The van der Waals surface area contributed by atoms with Crippen LogP contribution in [-0.2, 0) is 25.9 Å². The minimum atomic E-state index is -0.156. The van der Waals surface area contributed by atoms with Crippen LogP contribution in [0.2, 0.25) is 5.02 Å². The van der Waals surface area contributed by atoms with Crippen LogP contribution in [0.25, 0.3) is 10.9 Å². The number of likely N-dealkylation sites (N-methyl/N-ethyl adjacent to an activating group) is 1. The molecule has 0 radical (unpaired) electrons. The monoisotopic (exact) mass is 370 g/mol. The van der Waals surface area contributed by atoms with E-state index in [1.165, 1.54) is 16.8 Å². The average Bonchev–Trinajstić information content (AvgIpc) is 2.92. The molecule has 0 aliphatic carbocycles. The first kappa shape index (κ1) is 17.6. The van der Waals surface area contributed by atoms with Gasteiger partial charge < -0.3 is 4.57 Å². The van der Waals surface area contributed by atoms with Crippen LogP contribution in [0.1, 0.15) is 30.7 Å². The average molecular weight is 371 g/mol. The molecule has 0 bridgehead atoms. The maximum Gasteiger partial charge on any atom is 0.123 e.